The molecule has 120 valence electrons. The van der Waals surface area contributed by atoms with Gasteiger partial charge in [-0.3, -0.25) is 4.57 Å². The van der Waals surface area contributed by atoms with E-state index in [1.54, 1.807) is 16.8 Å². The largest absolute Gasteiger partial charge is 0.419 e. The van der Waals surface area contributed by atoms with Crippen LogP contribution in [0.1, 0.15) is 5.56 Å². The number of hydrogen-bond acceptors (Lipinski definition) is 6. The monoisotopic (exact) mass is 342 g/mol. The molecular formula is C10H20N2O7P2+2. The molecule has 0 aromatic carbocycles. The molecule has 0 bridgehead atoms. The number of hydrogen-bond donors (Lipinski definition) is 7. The van der Waals surface area contributed by atoms with Gasteiger partial charge in [-0.05, 0) is 6.07 Å². The number of rotatable bonds is 7. The lowest BCUT2D eigenvalue weighted by Gasteiger charge is -2.17. The Morgan fingerprint density at radius 1 is 1.33 bits per heavy atom. The first kappa shape index (κ1) is 18.6. The first-order valence-corrected chi connectivity index (χ1v) is 9.42. The summed E-state index contributed by atoms with van der Waals surface area (Å²) in [6, 6.07) is 3.09. The zero-order valence-electron chi connectivity index (χ0n) is 11.1. The minimum atomic E-state index is -4.89. The average molecular weight is 342 g/mol. The van der Waals surface area contributed by atoms with Crippen molar-refractivity contribution < 1.29 is 38.7 Å². The highest BCUT2D eigenvalue weighted by atomic mass is 31.3. The van der Waals surface area contributed by atoms with Gasteiger partial charge in [0.05, 0.1) is 0 Å². The van der Waals surface area contributed by atoms with Crippen LogP contribution in [0.2, 0.25) is 0 Å². The maximum absolute atomic E-state index is 11.3. The molecule has 8 N–H and O–H groups in total. The van der Waals surface area contributed by atoms with Crippen molar-refractivity contribution in [1.29, 1.82) is 0 Å². The molecule has 1 rings (SSSR count). The molecule has 0 aliphatic rings. The molecule has 1 heterocycles. The molecule has 0 saturated heterocycles. The van der Waals surface area contributed by atoms with E-state index in [4.69, 9.17) is 15.5 Å². The molecule has 0 aliphatic carbocycles. The van der Waals surface area contributed by atoms with E-state index >= 15 is 0 Å². The van der Waals surface area contributed by atoms with E-state index in [0.29, 0.717) is 5.56 Å². The molecule has 9 nitrogen and oxygen atoms in total. The predicted octanol–water partition coefficient (Wildman–Crippen LogP) is -1.92. The molecule has 2 unspecified atom stereocenters. The number of pyridine rings is 1. The average Bonchev–Trinajstić information content (AvgIpc) is 2.33. The predicted molar refractivity (Wildman–Crippen MR) is 74.8 cm³/mol. The second-order valence-electron chi connectivity index (χ2n) is 4.69. The van der Waals surface area contributed by atoms with Gasteiger partial charge in [-0.1, -0.05) is 0 Å². The van der Waals surface area contributed by atoms with E-state index in [1.165, 1.54) is 12.3 Å². The van der Waals surface area contributed by atoms with Crippen LogP contribution in [0.25, 0.3) is 0 Å². The molecule has 1 aromatic heterocycles. The van der Waals surface area contributed by atoms with Gasteiger partial charge in [0.25, 0.3) is 5.40 Å². The maximum atomic E-state index is 11.3. The van der Waals surface area contributed by atoms with E-state index in [9.17, 15) is 24.4 Å². The molecule has 0 saturated carbocycles. The van der Waals surface area contributed by atoms with Gasteiger partial charge in [0.1, 0.15) is 6.10 Å². The Labute approximate surface area is 122 Å². The highest BCUT2D eigenvalue weighted by molar-refractivity contribution is 7.74. The maximum Gasteiger partial charge on any atom is 0.419 e. The summed E-state index contributed by atoms with van der Waals surface area (Å²) in [6.07, 6.45) is 1.91. The zero-order valence-corrected chi connectivity index (χ0v) is 12.9. The molecule has 0 amide bonds. The van der Waals surface area contributed by atoms with E-state index in [2.05, 4.69) is 0 Å². The summed E-state index contributed by atoms with van der Waals surface area (Å²) in [5.74, 6) is 0. The van der Waals surface area contributed by atoms with Crippen molar-refractivity contribution in [1.82, 2.24) is 0 Å². The third kappa shape index (κ3) is 6.04. The molecule has 0 spiro atoms. The quantitative estimate of drug-likeness (QED) is 0.222. The smallest absolute Gasteiger partial charge is 0.385 e. The Bertz CT molecular complexity index is 516. The lowest BCUT2D eigenvalue weighted by atomic mass is 10.2. The van der Waals surface area contributed by atoms with Crippen molar-refractivity contribution in [3.05, 3.63) is 30.1 Å². The van der Waals surface area contributed by atoms with Gasteiger partial charge < -0.3 is 20.6 Å². The lowest BCUT2D eigenvalue weighted by Crippen LogP contribution is -2.42. The Morgan fingerprint density at radius 3 is 2.43 bits per heavy atom. The van der Waals surface area contributed by atoms with Crippen LogP contribution < -0.4 is 10.3 Å². The fraction of sp³-hybridized carbons (Fsp3) is 0.500. The van der Waals surface area contributed by atoms with Crippen molar-refractivity contribution in [3.63, 3.8) is 0 Å². The Morgan fingerprint density at radius 2 is 1.95 bits per heavy atom. The molecule has 1 aromatic rings. The first-order valence-electron chi connectivity index (χ1n) is 6.02. The highest BCUT2D eigenvalue weighted by Crippen LogP contribution is 2.65. The van der Waals surface area contributed by atoms with Crippen LogP contribution in [0.3, 0.4) is 0 Å². The van der Waals surface area contributed by atoms with Crippen molar-refractivity contribution >= 4 is 15.5 Å². The van der Waals surface area contributed by atoms with Crippen LogP contribution in [-0.4, -0.2) is 47.6 Å². The fourth-order valence-electron chi connectivity index (χ4n) is 1.78. The summed E-state index contributed by atoms with van der Waals surface area (Å²) in [5.41, 5.74) is 5.66. The van der Waals surface area contributed by atoms with E-state index in [0.717, 1.165) is 0 Å². The third-order valence-electron chi connectivity index (χ3n) is 2.82. The molecule has 21 heavy (non-hydrogen) atoms. The van der Waals surface area contributed by atoms with Gasteiger partial charge in [-0.15, -0.1) is 0 Å². The van der Waals surface area contributed by atoms with Crippen LogP contribution in [-0.2, 0) is 17.5 Å². The van der Waals surface area contributed by atoms with Crippen molar-refractivity contribution in [3.8, 4) is 0 Å². The van der Waals surface area contributed by atoms with Crippen LogP contribution >= 0.6 is 15.5 Å². The summed E-state index contributed by atoms with van der Waals surface area (Å²) >= 11 is 0. The van der Waals surface area contributed by atoms with Gasteiger partial charge in [0.15, 0.2) is 18.9 Å². The normalized spacial score (nSPS) is 15.8. The number of aliphatic hydroxyl groups is 1. The third-order valence-corrected chi connectivity index (χ3v) is 6.59. The van der Waals surface area contributed by atoms with Gasteiger partial charge in [0.2, 0.25) is 0 Å². The van der Waals surface area contributed by atoms with Crippen LogP contribution in [0.4, 0.5) is 0 Å². The number of nitrogens with two attached hydrogens (primary N) is 1. The molecule has 0 radical (unpaired) electrons. The van der Waals surface area contributed by atoms with Gasteiger partial charge in [-0.25, -0.2) is 4.57 Å². The second kappa shape index (κ2) is 7.19. The van der Waals surface area contributed by atoms with Crippen LogP contribution in [0, 0.1) is 0 Å². The zero-order chi connectivity index (χ0) is 16.3. The minimum absolute atomic E-state index is 0.0564. The lowest BCUT2D eigenvalue weighted by molar-refractivity contribution is -0.703. The topological polar surface area (TPSA) is 168 Å². The number of nitrogens with zero attached hydrogens (tertiary/aromatic N) is 1. The standard InChI is InChI=1S/C10H18N2O7P2/c11-5-9(13)7-12-3-1-2-8(6-12)4-10(20(14,15)16)21(17,18)19/h1-3,6,9-10,13-16H,4-5,7,11H2/p+2. The first-order chi connectivity index (χ1) is 9.54. The van der Waals surface area contributed by atoms with Crippen molar-refractivity contribution in [2.75, 3.05) is 6.54 Å². The van der Waals surface area contributed by atoms with E-state index in [1.807, 2.05) is 0 Å². The SMILES string of the molecule is NCC(O)C[n+]1cccc(CC(P(=O)(O)O)[P+](O)(O)O)c1. The fourth-order valence-corrected chi connectivity index (χ4v) is 4.30. The van der Waals surface area contributed by atoms with E-state index in [-0.39, 0.29) is 13.1 Å². The molecule has 0 fully saturated rings. The van der Waals surface area contributed by atoms with Crippen LogP contribution in [0.5, 0.6) is 0 Å². The summed E-state index contributed by atoms with van der Waals surface area (Å²) < 4.78 is 12.8. The molecule has 2 atom stereocenters. The van der Waals surface area contributed by atoms with Crippen molar-refractivity contribution in [2.45, 2.75) is 24.5 Å². The Kier molecular flexibility index (Phi) is 6.36. The van der Waals surface area contributed by atoms with E-state index < -0.39 is 33.5 Å². The summed E-state index contributed by atoms with van der Waals surface area (Å²) in [7, 11) is -9.59. The van der Waals surface area contributed by atoms with Gasteiger partial charge in [-0.2, -0.15) is 14.7 Å². The Hall–Kier alpha value is -0.470. The second-order valence-corrected chi connectivity index (χ2v) is 8.75. The summed E-state index contributed by atoms with van der Waals surface area (Å²) in [5, 5.41) is 7.49. The summed E-state index contributed by atoms with van der Waals surface area (Å²) in [6.45, 7) is 0.240. The summed E-state index contributed by atoms with van der Waals surface area (Å²) in [4.78, 5) is 45.8. The molecule has 11 heteroatoms. The molecule has 0 aliphatic heterocycles. The van der Waals surface area contributed by atoms with Gasteiger partial charge >= 0.3 is 15.5 Å². The van der Waals surface area contributed by atoms with Gasteiger partial charge in [0, 0.05) is 24.6 Å². The van der Waals surface area contributed by atoms with Crippen molar-refractivity contribution in [2.24, 2.45) is 5.73 Å². The van der Waals surface area contributed by atoms with Crippen LogP contribution in [0.15, 0.2) is 24.5 Å². The molecular weight excluding hydrogens is 322 g/mol. The minimum Gasteiger partial charge on any atom is -0.385 e. The Balaban J connectivity index is 2.95. The number of aromatic nitrogens is 1. The highest BCUT2D eigenvalue weighted by Gasteiger charge is 2.54. The number of aliphatic hydroxyl groups excluding tert-OH is 1.